The highest BCUT2D eigenvalue weighted by Gasteiger charge is 2.08. The van der Waals surface area contributed by atoms with Gasteiger partial charge in [0.25, 0.3) is 5.91 Å². The van der Waals surface area contributed by atoms with Crippen LogP contribution in [0.1, 0.15) is 15.9 Å². The number of hydrogen-bond donors (Lipinski definition) is 3. The van der Waals surface area contributed by atoms with Gasteiger partial charge in [0.05, 0.1) is 0 Å². The molecular weight excluding hydrogens is 208 g/mol. The first kappa shape index (κ1) is 12.0. The van der Waals surface area contributed by atoms with E-state index in [2.05, 4.69) is 10.6 Å². The van der Waals surface area contributed by atoms with Gasteiger partial charge in [0, 0.05) is 25.2 Å². The Kier molecular flexibility index (Phi) is 3.84. The lowest BCUT2D eigenvalue weighted by atomic mass is 10.1. The van der Waals surface area contributed by atoms with Crippen molar-refractivity contribution in [2.24, 2.45) is 10.9 Å². The summed E-state index contributed by atoms with van der Waals surface area (Å²) in [5.74, 6) is -0.280. The molecule has 4 N–H and O–H groups in total. The average molecular weight is 222 g/mol. The quantitative estimate of drug-likeness (QED) is 0.290. The predicted molar refractivity (Wildman–Crippen MR) is 60.1 cm³/mol. The highest BCUT2D eigenvalue weighted by Crippen LogP contribution is 2.05. The van der Waals surface area contributed by atoms with Crippen molar-refractivity contribution in [2.45, 2.75) is 0 Å². The molecule has 0 aliphatic heterocycles. The molecule has 0 saturated carbocycles. The standard InChI is InChI=1S/C10H14N4O2/c1-14(2)12-10(15)8-5-3-4-7(6-8)9(11)13-16/h3-6,16H,1-2H3,(H2,11,13)(H,12,15). The Bertz CT molecular complexity index is 415. The third-order valence-corrected chi connectivity index (χ3v) is 1.85. The third kappa shape index (κ3) is 2.96. The van der Waals surface area contributed by atoms with Crippen molar-refractivity contribution in [2.75, 3.05) is 14.1 Å². The van der Waals surface area contributed by atoms with Crippen LogP contribution in [0.2, 0.25) is 0 Å². The number of nitrogens with zero attached hydrogens (tertiary/aromatic N) is 2. The van der Waals surface area contributed by atoms with E-state index in [1.165, 1.54) is 0 Å². The van der Waals surface area contributed by atoms with Gasteiger partial charge in [-0.1, -0.05) is 17.3 Å². The number of carbonyl (C=O) groups excluding carboxylic acids is 1. The van der Waals surface area contributed by atoms with Crippen LogP contribution in [-0.2, 0) is 0 Å². The number of nitrogens with one attached hydrogen (secondary N) is 1. The van der Waals surface area contributed by atoms with Crippen molar-refractivity contribution in [3.63, 3.8) is 0 Å². The van der Waals surface area contributed by atoms with Gasteiger partial charge in [-0.25, -0.2) is 5.01 Å². The monoisotopic (exact) mass is 222 g/mol. The first-order valence-electron chi connectivity index (χ1n) is 4.61. The van der Waals surface area contributed by atoms with Crippen molar-refractivity contribution in [3.05, 3.63) is 35.4 Å². The third-order valence-electron chi connectivity index (χ3n) is 1.85. The maximum Gasteiger partial charge on any atom is 0.265 e. The molecule has 0 bridgehead atoms. The van der Waals surface area contributed by atoms with Gasteiger partial charge >= 0.3 is 0 Å². The summed E-state index contributed by atoms with van der Waals surface area (Å²) in [6.07, 6.45) is 0. The summed E-state index contributed by atoms with van der Waals surface area (Å²) < 4.78 is 0. The van der Waals surface area contributed by atoms with Gasteiger partial charge in [-0.05, 0) is 12.1 Å². The highest BCUT2D eigenvalue weighted by molar-refractivity contribution is 6.00. The van der Waals surface area contributed by atoms with Crippen molar-refractivity contribution in [3.8, 4) is 0 Å². The van der Waals surface area contributed by atoms with E-state index in [0.717, 1.165) is 0 Å². The number of carbonyl (C=O) groups is 1. The Morgan fingerprint density at radius 3 is 2.62 bits per heavy atom. The van der Waals surface area contributed by atoms with Gasteiger partial charge in [-0.3, -0.25) is 10.2 Å². The molecule has 0 aliphatic rings. The van der Waals surface area contributed by atoms with Gasteiger partial charge in [0.2, 0.25) is 0 Å². The zero-order chi connectivity index (χ0) is 12.1. The lowest BCUT2D eigenvalue weighted by molar-refractivity contribution is 0.0857. The van der Waals surface area contributed by atoms with Crippen LogP contribution < -0.4 is 11.2 Å². The fourth-order valence-corrected chi connectivity index (χ4v) is 1.15. The van der Waals surface area contributed by atoms with E-state index in [-0.39, 0.29) is 11.7 Å². The Morgan fingerprint density at radius 1 is 1.44 bits per heavy atom. The summed E-state index contributed by atoms with van der Waals surface area (Å²) in [5, 5.41) is 12.9. The molecule has 6 heteroatoms. The zero-order valence-corrected chi connectivity index (χ0v) is 9.14. The van der Waals surface area contributed by atoms with Crippen molar-refractivity contribution in [1.82, 2.24) is 10.4 Å². The molecule has 0 radical (unpaired) electrons. The zero-order valence-electron chi connectivity index (χ0n) is 9.14. The summed E-state index contributed by atoms with van der Waals surface area (Å²) in [4.78, 5) is 11.6. The topological polar surface area (TPSA) is 91.0 Å². The average Bonchev–Trinajstić information content (AvgIpc) is 2.27. The lowest BCUT2D eigenvalue weighted by Crippen LogP contribution is -2.36. The molecule has 1 aromatic carbocycles. The first-order chi connectivity index (χ1) is 7.54. The summed E-state index contributed by atoms with van der Waals surface area (Å²) in [7, 11) is 3.43. The largest absolute Gasteiger partial charge is 0.409 e. The van der Waals surface area contributed by atoms with Crippen LogP contribution in [0.15, 0.2) is 29.4 Å². The number of amides is 1. The Labute approximate surface area is 93.3 Å². The van der Waals surface area contributed by atoms with Crippen LogP contribution in [0.5, 0.6) is 0 Å². The minimum Gasteiger partial charge on any atom is -0.409 e. The molecule has 1 aromatic rings. The number of hydrazine groups is 1. The van der Waals surface area contributed by atoms with E-state index in [4.69, 9.17) is 10.9 Å². The molecule has 1 rings (SSSR count). The second kappa shape index (κ2) is 5.13. The van der Waals surface area contributed by atoms with Gasteiger partial charge < -0.3 is 10.9 Å². The predicted octanol–water partition coefficient (Wildman–Crippen LogP) is -0.0125. The summed E-state index contributed by atoms with van der Waals surface area (Å²) in [6.45, 7) is 0. The van der Waals surface area contributed by atoms with Crippen molar-refractivity contribution < 1.29 is 10.0 Å². The molecule has 0 fully saturated rings. The molecule has 86 valence electrons. The van der Waals surface area contributed by atoms with Crippen molar-refractivity contribution in [1.29, 1.82) is 0 Å². The SMILES string of the molecule is CN(C)NC(=O)c1cccc(/C(N)=N/O)c1. The molecule has 0 saturated heterocycles. The van der Waals surface area contributed by atoms with E-state index in [9.17, 15) is 4.79 Å². The Hall–Kier alpha value is -2.08. The van der Waals surface area contributed by atoms with Gasteiger partial charge in [-0.15, -0.1) is 0 Å². The Morgan fingerprint density at radius 2 is 2.06 bits per heavy atom. The number of rotatable bonds is 3. The molecule has 0 unspecified atom stereocenters. The number of hydrogen-bond acceptors (Lipinski definition) is 4. The number of nitrogens with two attached hydrogens (primary N) is 1. The van der Waals surface area contributed by atoms with Gasteiger partial charge in [-0.2, -0.15) is 0 Å². The maximum absolute atomic E-state index is 11.6. The maximum atomic E-state index is 11.6. The molecule has 0 heterocycles. The second-order valence-electron chi connectivity index (χ2n) is 3.40. The molecule has 0 aliphatic carbocycles. The minimum atomic E-state index is -0.252. The van der Waals surface area contributed by atoms with E-state index in [1.54, 1.807) is 43.4 Å². The van der Waals surface area contributed by atoms with Crippen molar-refractivity contribution >= 4 is 11.7 Å². The summed E-state index contributed by atoms with van der Waals surface area (Å²) in [6, 6.07) is 6.51. The minimum absolute atomic E-state index is 0.0282. The van der Waals surface area contributed by atoms with E-state index in [0.29, 0.717) is 11.1 Å². The number of benzene rings is 1. The number of amidine groups is 1. The first-order valence-corrected chi connectivity index (χ1v) is 4.61. The molecule has 16 heavy (non-hydrogen) atoms. The molecular formula is C10H14N4O2. The Balaban J connectivity index is 2.94. The van der Waals surface area contributed by atoms with Crippen LogP contribution in [0.3, 0.4) is 0 Å². The van der Waals surface area contributed by atoms with E-state index in [1.807, 2.05) is 0 Å². The second-order valence-corrected chi connectivity index (χ2v) is 3.40. The lowest BCUT2D eigenvalue weighted by Gasteiger charge is -2.12. The normalized spacial score (nSPS) is 11.6. The molecule has 1 amide bonds. The molecule has 0 atom stereocenters. The molecule has 0 spiro atoms. The fourth-order valence-electron chi connectivity index (χ4n) is 1.15. The van der Waals surface area contributed by atoms with Crippen LogP contribution in [0.25, 0.3) is 0 Å². The summed E-state index contributed by atoms with van der Waals surface area (Å²) in [5.41, 5.74) is 8.95. The highest BCUT2D eigenvalue weighted by atomic mass is 16.4. The van der Waals surface area contributed by atoms with Crippen LogP contribution in [0, 0.1) is 0 Å². The van der Waals surface area contributed by atoms with Gasteiger partial charge in [0.1, 0.15) is 0 Å². The van der Waals surface area contributed by atoms with Gasteiger partial charge in [0.15, 0.2) is 5.84 Å². The number of oxime groups is 1. The van der Waals surface area contributed by atoms with Crippen LogP contribution in [0.4, 0.5) is 0 Å². The van der Waals surface area contributed by atoms with Crippen LogP contribution >= 0.6 is 0 Å². The fraction of sp³-hybridized carbons (Fsp3) is 0.200. The molecule has 0 aromatic heterocycles. The van der Waals surface area contributed by atoms with E-state index < -0.39 is 0 Å². The summed E-state index contributed by atoms with van der Waals surface area (Å²) >= 11 is 0. The van der Waals surface area contributed by atoms with Crippen LogP contribution in [-0.4, -0.2) is 36.1 Å². The smallest absolute Gasteiger partial charge is 0.265 e. The van der Waals surface area contributed by atoms with E-state index >= 15 is 0 Å². The molecule has 6 nitrogen and oxygen atoms in total.